The Labute approximate surface area is 186 Å². The van der Waals surface area contributed by atoms with Gasteiger partial charge in [-0.05, 0) is 48.9 Å². The lowest BCUT2D eigenvalue weighted by Crippen LogP contribution is -2.23. The number of benzene rings is 2. The quantitative estimate of drug-likeness (QED) is 0.398. The molecule has 4 aromatic rings. The maximum absolute atomic E-state index is 13.1. The maximum Gasteiger partial charge on any atom is 0.255 e. The first-order valence-electron chi connectivity index (χ1n) is 10.3. The molecular weight excluding hydrogens is 406 g/mol. The smallest absolute Gasteiger partial charge is 0.255 e. The van der Waals surface area contributed by atoms with Gasteiger partial charge in [0.1, 0.15) is 23.8 Å². The van der Waals surface area contributed by atoms with E-state index in [2.05, 4.69) is 10.4 Å². The van der Waals surface area contributed by atoms with Crippen LogP contribution in [0, 0.1) is 6.92 Å². The predicted molar refractivity (Wildman–Crippen MR) is 121 cm³/mol. The number of nitrogens with one attached hydrogen (secondary N) is 1. The highest BCUT2D eigenvalue weighted by molar-refractivity contribution is 5.99. The summed E-state index contributed by atoms with van der Waals surface area (Å²) in [5.41, 5.74) is 2.77. The third kappa shape index (κ3) is 5.07. The van der Waals surface area contributed by atoms with E-state index in [0.29, 0.717) is 36.8 Å². The number of nitrogens with zero attached hydrogens (tertiary/aromatic N) is 2. The number of hydrogen-bond acceptors (Lipinski definition) is 5. The fraction of sp³-hybridized carbons (Fsp3) is 0.200. The summed E-state index contributed by atoms with van der Waals surface area (Å²) in [6, 6.07) is 20.9. The lowest BCUT2D eigenvalue weighted by atomic mass is 10.1. The lowest BCUT2D eigenvalue weighted by Gasteiger charge is -2.08. The molecule has 1 amide bonds. The third-order valence-electron chi connectivity index (χ3n) is 4.89. The molecule has 0 unspecified atom stereocenters. The van der Waals surface area contributed by atoms with Crippen molar-refractivity contribution < 1.29 is 18.7 Å². The summed E-state index contributed by atoms with van der Waals surface area (Å²) in [7, 11) is 1.64. The zero-order valence-corrected chi connectivity index (χ0v) is 18.1. The van der Waals surface area contributed by atoms with Gasteiger partial charge in [-0.15, -0.1) is 0 Å². The number of para-hydroxylation sites is 1. The molecule has 164 valence electrons. The Morgan fingerprint density at radius 3 is 2.50 bits per heavy atom. The summed E-state index contributed by atoms with van der Waals surface area (Å²) in [5.74, 6) is 1.85. The van der Waals surface area contributed by atoms with Crippen molar-refractivity contribution in [2.75, 3.05) is 20.3 Å². The van der Waals surface area contributed by atoms with Gasteiger partial charge in [-0.3, -0.25) is 4.79 Å². The number of carbonyl (C=O) groups excluding carboxylic acids is 1. The molecule has 0 aliphatic rings. The van der Waals surface area contributed by atoms with Crippen LogP contribution < -0.4 is 10.1 Å². The van der Waals surface area contributed by atoms with Gasteiger partial charge in [0.05, 0.1) is 17.9 Å². The standard InChI is InChI=1S/C25H25N3O4/c1-18-8-13-23(32-18)24-22(17-28(27-24)20-6-4-3-5-7-20)25(29)26-16-19-9-11-21(12-10-19)31-15-14-30-2/h3-13,17H,14-16H2,1-2H3,(H,26,29). The Balaban J connectivity index is 1.50. The minimum Gasteiger partial charge on any atom is -0.491 e. The molecule has 0 spiro atoms. The van der Waals surface area contributed by atoms with E-state index in [1.54, 1.807) is 18.0 Å². The van der Waals surface area contributed by atoms with Crippen molar-refractivity contribution in [1.82, 2.24) is 15.1 Å². The number of methoxy groups -OCH3 is 1. The van der Waals surface area contributed by atoms with E-state index >= 15 is 0 Å². The van der Waals surface area contributed by atoms with Crippen molar-refractivity contribution in [3.05, 3.63) is 89.8 Å². The number of hydrogen-bond donors (Lipinski definition) is 1. The Morgan fingerprint density at radius 1 is 1.03 bits per heavy atom. The van der Waals surface area contributed by atoms with Crippen molar-refractivity contribution in [1.29, 1.82) is 0 Å². The van der Waals surface area contributed by atoms with Gasteiger partial charge in [0.2, 0.25) is 0 Å². The first-order chi connectivity index (χ1) is 15.6. The molecule has 0 fully saturated rings. The van der Waals surface area contributed by atoms with Gasteiger partial charge in [-0.2, -0.15) is 5.10 Å². The molecule has 0 aliphatic carbocycles. The van der Waals surface area contributed by atoms with Gasteiger partial charge in [0.15, 0.2) is 5.76 Å². The van der Waals surface area contributed by atoms with E-state index in [1.165, 1.54) is 0 Å². The van der Waals surface area contributed by atoms with Gasteiger partial charge in [-0.25, -0.2) is 4.68 Å². The summed E-state index contributed by atoms with van der Waals surface area (Å²) in [5, 5.41) is 7.60. The minimum atomic E-state index is -0.225. The Bertz CT molecular complexity index is 1160. The normalized spacial score (nSPS) is 10.8. The zero-order valence-electron chi connectivity index (χ0n) is 18.1. The molecule has 0 saturated heterocycles. The van der Waals surface area contributed by atoms with Crippen LogP contribution >= 0.6 is 0 Å². The number of ether oxygens (including phenoxy) is 2. The summed E-state index contributed by atoms with van der Waals surface area (Å²) >= 11 is 0. The van der Waals surface area contributed by atoms with E-state index < -0.39 is 0 Å². The SMILES string of the molecule is COCCOc1ccc(CNC(=O)c2cn(-c3ccccc3)nc2-c2ccc(C)o2)cc1. The lowest BCUT2D eigenvalue weighted by molar-refractivity contribution is 0.0951. The Morgan fingerprint density at radius 2 is 1.81 bits per heavy atom. The van der Waals surface area contributed by atoms with Crippen LogP contribution in [-0.4, -0.2) is 36.0 Å². The van der Waals surface area contributed by atoms with Crippen LogP contribution in [0.25, 0.3) is 17.1 Å². The number of rotatable bonds is 9. The van der Waals surface area contributed by atoms with E-state index in [0.717, 1.165) is 22.8 Å². The largest absolute Gasteiger partial charge is 0.491 e. The maximum atomic E-state index is 13.1. The average molecular weight is 431 g/mol. The molecule has 1 N–H and O–H groups in total. The summed E-state index contributed by atoms with van der Waals surface area (Å²) in [6.45, 7) is 3.27. The number of aryl methyl sites for hydroxylation is 1. The molecular formula is C25H25N3O4. The summed E-state index contributed by atoms with van der Waals surface area (Å²) < 4.78 is 18.0. The first-order valence-corrected chi connectivity index (χ1v) is 10.3. The van der Waals surface area contributed by atoms with Gasteiger partial charge in [0.25, 0.3) is 5.91 Å². The topological polar surface area (TPSA) is 78.5 Å². The molecule has 0 aliphatic heterocycles. The highest BCUT2D eigenvalue weighted by Crippen LogP contribution is 2.26. The van der Waals surface area contributed by atoms with Gasteiger partial charge >= 0.3 is 0 Å². The van der Waals surface area contributed by atoms with Gasteiger partial charge in [0, 0.05) is 19.9 Å². The fourth-order valence-corrected chi connectivity index (χ4v) is 3.22. The molecule has 0 radical (unpaired) electrons. The van der Waals surface area contributed by atoms with Crippen LogP contribution in [0.2, 0.25) is 0 Å². The van der Waals surface area contributed by atoms with Crippen LogP contribution in [0.4, 0.5) is 0 Å². The third-order valence-corrected chi connectivity index (χ3v) is 4.89. The number of carbonyl (C=O) groups is 1. The van der Waals surface area contributed by atoms with E-state index in [4.69, 9.17) is 13.9 Å². The van der Waals surface area contributed by atoms with Crippen molar-refractivity contribution in [2.45, 2.75) is 13.5 Å². The molecule has 2 aromatic heterocycles. The Hall–Kier alpha value is -3.84. The average Bonchev–Trinajstić information content (AvgIpc) is 3.46. The van der Waals surface area contributed by atoms with Crippen LogP contribution in [0.3, 0.4) is 0 Å². The molecule has 0 atom stereocenters. The molecule has 2 heterocycles. The second-order valence-corrected chi connectivity index (χ2v) is 7.25. The predicted octanol–water partition coefficient (Wildman–Crippen LogP) is 4.40. The minimum absolute atomic E-state index is 0.225. The van der Waals surface area contributed by atoms with Crippen molar-refractivity contribution in [2.24, 2.45) is 0 Å². The number of aromatic nitrogens is 2. The second-order valence-electron chi connectivity index (χ2n) is 7.25. The van der Waals surface area contributed by atoms with Crippen LogP contribution in [-0.2, 0) is 11.3 Å². The molecule has 0 saturated carbocycles. The molecule has 32 heavy (non-hydrogen) atoms. The Kier molecular flexibility index (Phi) is 6.67. The highest BCUT2D eigenvalue weighted by atomic mass is 16.5. The van der Waals surface area contributed by atoms with E-state index in [-0.39, 0.29) is 5.91 Å². The number of furan rings is 1. The first kappa shape index (κ1) is 21.4. The fourth-order valence-electron chi connectivity index (χ4n) is 3.22. The summed E-state index contributed by atoms with van der Waals surface area (Å²) in [6.07, 6.45) is 1.73. The molecule has 4 rings (SSSR count). The van der Waals surface area contributed by atoms with Crippen LogP contribution in [0.1, 0.15) is 21.7 Å². The van der Waals surface area contributed by atoms with Crippen molar-refractivity contribution >= 4 is 5.91 Å². The van der Waals surface area contributed by atoms with Crippen molar-refractivity contribution in [3.63, 3.8) is 0 Å². The number of amides is 1. The molecule has 0 bridgehead atoms. The van der Waals surface area contributed by atoms with E-state index in [9.17, 15) is 4.79 Å². The van der Waals surface area contributed by atoms with Crippen molar-refractivity contribution in [3.8, 4) is 22.9 Å². The summed E-state index contributed by atoms with van der Waals surface area (Å²) in [4.78, 5) is 13.1. The molecule has 7 nitrogen and oxygen atoms in total. The van der Waals surface area contributed by atoms with Crippen LogP contribution in [0.5, 0.6) is 5.75 Å². The van der Waals surface area contributed by atoms with E-state index in [1.807, 2.05) is 73.7 Å². The highest BCUT2D eigenvalue weighted by Gasteiger charge is 2.20. The molecule has 7 heteroatoms. The zero-order chi connectivity index (χ0) is 22.3. The van der Waals surface area contributed by atoms with Crippen LogP contribution in [0.15, 0.2) is 77.3 Å². The van der Waals surface area contributed by atoms with Gasteiger partial charge in [-0.1, -0.05) is 30.3 Å². The molecule has 2 aromatic carbocycles. The monoisotopic (exact) mass is 431 g/mol. The second kappa shape index (κ2) is 9.98. The van der Waals surface area contributed by atoms with Gasteiger partial charge < -0.3 is 19.2 Å².